The predicted octanol–water partition coefficient (Wildman–Crippen LogP) is 4.01. The fraction of sp³-hybridized carbons (Fsp3) is 0.333. The van der Waals surface area contributed by atoms with Gasteiger partial charge in [-0.3, -0.25) is 4.79 Å². The van der Waals surface area contributed by atoms with Crippen molar-refractivity contribution in [1.82, 2.24) is 0 Å². The molecule has 3 N–H and O–H groups in total. The fourth-order valence-electron chi connectivity index (χ4n) is 3.16. The first-order valence-corrected chi connectivity index (χ1v) is 11.9. The van der Waals surface area contributed by atoms with Gasteiger partial charge in [0.2, 0.25) is 10.0 Å². The highest BCUT2D eigenvalue weighted by Gasteiger charge is 2.28. The first-order chi connectivity index (χ1) is 13.6. The summed E-state index contributed by atoms with van der Waals surface area (Å²) in [6, 6.07) is 2.16. The number of fused-ring (bicyclic) bond motifs is 1. The largest absolute Gasteiger partial charge is 0.462 e. The van der Waals surface area contributed by atoms with Crippen molar-refractivity contribution in [1.29, 1.82) is 0 Å². The van der Waals surface area contributed by atoms with Gasteiger partial charge < -0.3 is 10.1 Å². The van der Waals surface area contributed by atoms with E-state index in [2.05, 4.69) is 5.32 Å². The van der Waals surface area contributed by atoms with Crippen LogP contribution in [0, 0.1) is 0 Å². The second-order valence-corrected chi connectivity index (χ2v) is 9.85. The molecule has 2 aromatic rings. The molecule has 0 atom stereocenters. The molecule has 7 nitrogen and oxygen atoms in total. The smallest absolute Gasteiger partial charge is 0.341 e. The Labute approximate surface area is 182 Å². The van der Waals surface area contributed by atoms with E-state index in [0.717, 1.165) is 48.3 Å². The van der Waals surface area contributed by atoms with Gasteiger partial charge in [0.1, 0.15) is 9.90 Å². The topological polar surface area (TPSA) is 116 Å². The van der Waals surface area contributed by atoms with Gasteiger partial charge in [-0.15, -0.1) is 11.3 Å². The number of rotatable bonds is 5. The highest BCUT2D eigenvalue weighted by molar-refractivity contribution is 7.89. The van der Waals surface area contributed by atoms with Crippen molar-refractivity contribution in [3.05, 3.63) is 43.7 Å². The number of halogens is 2. The molecule has 29 heavy (non-hydrogen) atoms. The van der Waals surface area contributed by atoms with E-state index in [-0.39, 0.29) is 22.2 Å². The van der Waals surface area contributed by atoms with Crippen molar-refractivity contribution in [2.75, 3.05) is 11.9 Å². The molecule has 0 radical (unpaired) electrons. The van der Waals surface area contributed by atoms with Crippen LogP contribution in [0.3, 0.4) is 0 Å². The Kier molecular flexibility index (Phi) is 6.54. The molecule has 1 heterocycles. The second-order valence-electron chi connectivity index (χ2n) is 6.40. The fourth-order valence-corrected chi connectivity index (χ4v) is 5.84. The van der Waals surface area contributed by atoms with Crippen LogP contribution in [-0.4, -0.2) is 26.9 Å². The van der Waals surface area contributed by atoms with Crippen LogP contribution in [0.1, 0.15) is 50.9 Å². The lowest BCUT2D eigenvalue weighted by molar-refractivity contribution is 0.0526. The minimum absolute atomic E-state index is 0.0427. The van der Waals surface area contributed by atoms with E-state index in [1.165, 1.54) is 11.3 Å². The third-order valence-electron chi connectivity index (χ3n) is 4.45. The van der Waals surface area contributed by atoms with Gasteiger partial charge in [-0.05, 0) is 50.3 Å². The number of nitrogens with one attached hydrogen (secondary N) is 1. The van der Waals surface area contributed by atoms with E-state index in [1.807, 2.05) is 0 Å². The summed E-state index contributed by atoms with van der Waals surface area (Å²) in [5.74, 6) is -1.18. The van der Waals surface area contributed by atoms with Crippen LogP contribution in [0.5, 0.6) is 0 Å². The van der Waals surface area contributed by atoms with Crippen LogP contribution in [0.25, 0.3) is 0 Å². The molecule has 0 spiro atoms. The number of primary sulfonamides is 1. The summed E-state index contributed by atoms with van der Waals surface area (Å²) < 4.78 is 28.6. The molecule has 3 rings (SSSR count). The third-order valence-corrected chi connectivity index (χ3v) is 7.35. The van der Waals surface area contributed by atoms with Gasteiger partial charge in [0.25, 0.3) is 5.91 Å². The minimum atomic E-state index is -4.15. The molecule has 1 amide bonds. The van der Waals surface area contributed by atoms with Crippen LogP contribution in [0.2, 0.25) is 10.0 Å². The van der Waals surface area contributed by atoms with Crippen molar-refractivity contribution in [3.63, 3.8) is 0 Å². The monoisotopic (exact) mass is 476 g/mol. The van der Waals surface area contributed by atoms with Gasteiger partial charge in [0.15, 0.2) is 0 Å². The van der Waals surface area contributed by atoms with Crippen LogP contribution in [0.4, 0.5) is 5.00 Å². The van der Waals surface area contributed by atoms with E-state index in [4.69, 9.17) is 33.1 Å². The summed E-state index contributed by atoms with van der Waals surface area (Å²) in [5.41, 5.74) is 1.11. The average molecular weight is 477 g/mol. The zero-order chi connectivity index (χ0) is 21.3. The standard InChI is InChI=1S/C18H18Cl2N2O5S2/c1-2-27-18(24)15-9-5-3-4-6-13(9)28-17(15)22-16(23)10-7-14(29(21,25)26)12(20)8-11(10)19/h7-8H,2-6H2,1H3,(H,22,23)(H2,21,25,26). The molecule has 1 aromatic heterocycles. The second kappa shape index (κ2) is 8.61. The Morgan fingerprint density at radius 1 is 1.21 bits per heavy atom. The predicted molar refractivity (Wildman–Crippen MR) is 113 cm³/mol. The molecule has 1 aliphatic rings. The molecule has 156 valence electrons. The lowest BCUT2D eigenvalue weighted by Gasteiger charge is -2.12. The van der Waals surface area contributed by atoms with Crippen molar-refractivity contribution in [2.24, 2.45) is 5.14 Å². The molecular weight excluding hydrogens is 459 g/mol. The Balaban J connectivity index is 2.02. The molecule has 0 saturated carbocycles. The zero-order valence-electron chi connectivity index (χ0n) is 15.4. The average Bonchev–Trinajstić information content (AvgIpc) is 2.98. The number of hydrogen-bond acceptors (Lipinski definition) is 6. The van der Waals surface area contributed by atoms with Gasteiger partial charge in [-0.25, -0.2) is 18.4 Å². The summed E-state index contributed by atoms with van der Waals surface area (Å²) in [6.07, 6.45) is 3.50. The van der Waals surface area contributed by atoms with E-state index in [0.29, 0.717) is 10.6 Å². The summed E-state index contributed by atoms with van der Waals surface area (Å²) in [7, 11) is -4.15. The maximum absolute atomic E-state index is 12.9. The van der Waals surface area contributed by atoms with Crippen molar-refractivity contribution >= 4 is 61.4 Å². The molecule has 0 saturated heterocycles. The number of anilines is 1. The lowest BCUT2D eigenvalue weighted by atomic mass is 9.95. The Morgan fingerprint density at radius 2 is 1.90 bits per heavy atom. The van der Waals surface area contributed by atoms with Crippen LogP contribution < -0.4 is 10.5 Å². The summed E-state index contributed by atoms with van der Waals surface area (Å²) in [4.78, 5) is 26.0. The van der Waals surface area contributed by atoms with Crippen LogP contribution in [-0.2, 0) is 27.6 Å². The number of sulfonamides is 1. The summed E-state index contributed by atoms with van der Waals surface area (Å²) >= 11 is 13.3. The zero-order valence-corrected chi connectivity index (χ0v) is 18.5. The van der Waals surface area contributed by atoms with Crippen molar-refractivity contribution in [2.45, 2.75) is 37.5 Å². The first kappa shape index (κ1) is 22.0. The first-order valence-electron chi connectivity index (χ1n) is 8.78. The molecule has 1 aromatic carbocycles. The maximum Gasteiger partial charge on any atom is 0.341 e. The third kappa shape index (κ3) is 4.59. The number of thiophene rings is 1. The SMILES string of the molecule is CCOC(=O)c1c(NC(=O)c2cc(S(N)(=O)=O)c(Cl)cc2Cl)sc2c1CCCC2. The molecule has 0 aliphatic heterocycles. The van der Waals surface area contributed by atoms with Gasteiger partial charge in [0, 0.05) is 4.88 Å². The Bertz CT molecular complexity index is 1100. The number of ether oxygens (including phenoxy) is 1. The van der Waals surface area contributed by atoms with E-state index in [9.17, 15) is 18.0 Å². The van der Waals surface area contributed by atoms with Gasteiger partial charge in [-0.2, -0.15) is 0 Å². The van der Waals surface area contributed by atoms with Gasteiger partial charge in [0.05, 0.1) is 27.8 Å². The molecule has 0 unspecified atom stereocenters. The van der Waals surface area contributed by atoms with Gasteiger partial charge in [-0.1, -0.05) is 23.2 Å². The number of benzene rings is 1. The minimum Gasteiger partial charge on any atom is -0.462 e. The normalized spacial score (nSPS) is 13.7. The molecule has 0 fully saturated rings. The Morgan fingerprint density at radius 3 is 2.55 bits per heavy atom. The molecular formula is C18H18Cl2N2O5S2. The molecule has 1 aliphatic carbocycles. The Hall–Kier alpha value is -1.65. The van der Waals surface area contributed by atoms with E-state index < -0.39 is 26.8 Å². The summed E-state index contributed by atoms with van der Waals surface area (Å²) in [5, 5.41) is 7.95. The highest BCUT2D eigenvalue weighted by atomic mass is 35.5. The highest BCUT2D eigenvalue weighted by Crippen LogP contribution is 2.39. The number of esters is 1. The number of carbonyl (C=O) groups is 2. The number of amides is 1. The summed E-state index contributed by atoms with van der Waals surface area (Å²) in [6.45, 7) is 1.91. The molecule has 0 bridgehead atoms. The number of nitrogens with two attached hydrogens (primary N) is 1. The van der Waals surface area contributed by atoms with Crippen LogP contribution in [0.15, 0.2) is 17.0 Å². The van der Waals surface area contributed by atoms with E-state index >= 15 is 0 Å². The maximum atomic E-state index is 12.9. The number of aryl methyl sites for hydroxylation is 1. The lowest BCUT2D eigenvalue weighted by Crippen LogP contribution is -2.18. The van der Waals surface area contributed by atoms with Crippen LogP contribution >= 0.6 is 34.5 Å². The van der Waals surface area contributed by atoms with E-state index in [1.54, 1.807) is 6.92 Å². The van der Waals surface area contributed by atoms with Gasteiger partial charge >= 0.3 is 5.97 Å². The van der Waals surface area contributed by atoms with Crippen molar-refractivity contribution in [3.8, 4) is 0 Å². The molecule has 11 heteroatoms. The number of hydrogen-bond donors (Lipinski definition) is 2. The number of carbonyl (C=O) groups excluding carboxylic acids is 2. The van der Waals surface area contributed by atoms with Crippen molar-refractivity contribution < 1.29 is 22.7 Å². The quantitative estimate of drug-likeness (QED) is 0.632.